The van der Waals surface area contributed by atoms with E-state index in [1.807, 2.05) is 30.3 Å². The van der Waals surface area contributed by atoms with Gasteiger partial charge in [-0.05, 0) is 18.4 Å². The van der Waals surface area contributed by atoms with Gasteiger partial charge in [-0.15, -0.1) is 10.2 Å². The Hall–Kier alpha value is -2.48. The summed E-state index contributed by atoms with van der Waals surface area (Å²) < 4.78 is 0. The number of nitrogens with one attached hydrogen (secondary N) is 1. The number of carbonyl (C=O) groups excluding carboxylic acids is 2. The zero-order valence-corrected chi connectivity index (χ0v) is 14.8. The second-order valence-electron chi connectivity index (χ2n) is 6.11. The Kier molecular flexibility index (Phi) is 5.28. The molecule has 3 N–H and O–H groups in total. The number of piperidine rings is 1. The van der Waals surface area contributed by atoms with Crippen LogP contribution in [0.2, 0.25) is 0 Å². The van der Waals surface area contributed by atoms with Gasteiger partial charge in [0.1, 0.15) is 11.0 Å². The molecule has 1 saturated heterocycles. The Morgan fingerprint density at radius 3 is 2.48 bits per heavy atom. The fourth-order valence-corrected chi connectivity index (χ4v) is 3.70. The topological polar surface area (TPSA) is 101 Å². The molecule has 0 spiro atoms. The molecule has 0 saturated carbocycles. The monoisotopic (exact) mass is 359 g/mol. The van der Waals surface area contributed by atoms with Gasteiger partial charge in [0.05, 0.1) is 0 Å². The highest BCUT2D eigenvalue weighted by Crippen LogP contribution is 2.27. The Morgan fingerprint density at radius 2 is 1.92 bits per heavy atom. The summed E-state index contributed by atoms with van der Waals surface area (Å²) >= 11 is 1.27. The molecule has 1 aromatic heterocycles. The van der Waals surface area contributed by atoms with Crippen LogP contribution in [0.3, 0.4) is 0 Å². The Labute approximate surface area is 150 Å². The van der Waals surface area contributed by atoms with Crippen molar-refractivity contribution >= 4 is 28.3 Å². The van der Waals surface area contributed by atoms with E-state index in [0.29, 0.717) is 36.1 Å². The maximum Gasteiger partial charge on any atom is 0.224 e. The molecule has 1 atom stereocenters. The number of hydrogen-bond acceptors (Lipinski definition) is 6. The molecular formula is C17H21N5O2S. The van der Waals surface area contributed by atoms with E-state index in [1.54, 1.807) is 11.8 Å². The molecule has 3 rings (SSSR count). The highest BCUT2D eigenvalue weighted by Gasteiger charge is 2.29. The lowest BCUT2D eigenvalue weighted by molar-refractivity contribution is -0.134. The minimum atomic E-state index is -0.366. The highest BCUT2D eigenvalue weighted by atomic mass is 32.1. The van der Waals surface area contributed by atoms with Crippen molar-refractivity contribution in [2.24, 2.45) is 5.92 Å². The summed E-state index contributed by atoms with van der Waals surface area (Å²) in [6.07, 6.45) is 1.34. The zero-order chi connectivity index (χ0) is 17.8. The predicted octanol–water partition coefficient (Wildman–Crippen LogP) is 1.58. The largest absolute Gasteiger partial charge is 0.374 e. The first-order valence-electron chi connectivity index (χ1n) is 8.24. The number of aromatic nitrogens is 2. The van der Waals surface area contributed by atoms with Crippen molar-refractivity contribution in [2.75, 3.05) is 18.8 Å². The number of nitrogens with two attached hydrogens (primary N) is 1. The number of nitrogens with zero attached hydrogens (tertiary/aromatic N) is 3. The van der Waals surface area contributed by atoms with Crippen LogP contribution in [0.1, 0.15) is 36.4 Å². The molecule has 0 aliphatic carbocycles. The number of carbonyl (C=O) groups is 2. The first-order chi connectivity index (χ1) is 12.0. The van der Waals surface area contributed by atoms with E-state index < -0.39 is 0 Å². The summed E-state index contributed by atoms with van der Waals surface area (Å²) in [5.74, 6) is -0.0664. The molecule has 1 fully saturated rings. The summed E-state index contributed by atoms with van der Waals surface area (Å²) in [5.41, 5.74) is 6.64. The first kappa shape index (κ1) is 17.3. The van der Waals surface area contributed by atoms with Crippen LogP contribution in [0.25, 0.3) is 0 Å². The molecule has 1 aliphatic rings. The second-order valence-corrected chi connectivity index (χ2v) is 7.15. The Bertz CT molecular complexity index is 741. The lowest BCUT2D eigenvalue weighted by Gasteiger charge is -2.31. The molecule has 25 heavy (non-hydrogen) atoms. The van der Waals surface area contributed by atoms with Crippen molar-refractivity contribution in [3.8, 4) is 0 Å². The summed E-state index contributed by atoms with van der Waals surface area (Å²) in [4.78, 5) is 26.0. The fraction of sp³-hybridized carbons (Fsp3) is 0.412. The molecule has 0 unspecified atom stereocenters. The molecule has 0 radical (unpaired) electrons. The smallest absolute Gasteiger partial charge is 0.224 e. The lowest BCUT2D eigenvalue weighted by atomic mass is 9.95. The summed E-state index contributed by atoms with van der Waals surface area (Å²) in [6, 6.07) is 9.29. The zero-order valence-electron chi connectivity index (χ0n) is 14.0. The average Bonchev–Trinajstić information content (AvgIpc) is 3.06. The molecular weight excluding hydrogens is 338 g/mol. The molecule has 2 heterocycles. The average molecular weight is 359 g/mol. The summed E-state index contributed by atoms with van der Waals surface area (Å²) in [5, 5.41) is 12.1. The number of rotatable bonds is 4. The third-order valence-corrected chi connectivity index (χ3v) is 5.25. The maximum atomic E-state index is 12.7. The van der Waals surface area contributed by atoms with Crippen molar-refractivity contribution in [1.82, 2.24) is 20.4 Å². The van der Waals surface area contributed by atoms with Gasteiger partial charge in [0, 0.05) is 25.9 Å². The normalized spacial score (nSPS) is 16.4. The third kappa shape index (κ3) is 4.14. The van der Waals surface area contributed by atoms with Crippen LogP contribution < -0.4 is 11.1 Å². The van der Waals surface area contributed by atoms with Crippen LogP contribution in [0.5, 0.6) is 0 Å². The lowest BCUT2D eigenvalue weighted by Crippen LogP contribution is -2.43. The summed E-state index contributed by atoms with van der Waals surface area (Å²) in [7, 11) is 0. The SMILES string of the molecule is CC(=O)N1CCC(C(=O)N[C@@H](c2ccccc2)c2nnc(N)s2)CC1. The van der Waals surface area contributed by atoms with Gasteiger partial charge in [0.25, 0.3) is 0 Å². The van der Waals surface area contributed by atoms with Crippen LogP contribution in [0.4, 0.5) is 5.13 Å². The molecule has 7 nitrogen and oxygen atoms in total. The molecule has 2 amide bonds. The van der Waals surface area contributed by atoms with E-state index in [0.717, 1.165) is 5.56 Å². The number of nitrogen functional groups attached to an aromatic ring is 1. The van der Waals surface area contributed by atoms with E-state index >= 15 is 0 Å². The number of benzene rings is 1. The van der Waals surface area contributed by atoms with Crippen LogP contribution in [0.15, 0.2) is 30.3 Å². The highest BCUT2D eigenvalue weighted by molar-refractivity contribution is 7.15. The molecule has 8 heteroatoms. The van der Waals surface area contributed by atoms with E-state index in [9.17, 15) is 9.59 Å². The summed E-state index contributed by atoms with van der Waals surface area (Å²) in [6.45, 7) is 2.80. The third-order valence-electron chi connectivity index (χ3n) is 4.43. The quantitative estimate of drug-likeness (QED) is 0.863. The van der Waals surface area contributed by atoms with Gasteiger partial charge < -0.3 is 16.0 Å². The van der Waals surface area contributed by atoms with E-state index in [1.165, 1.54) is 11.3 Å². The van der Waals surface area contributed by atoms with Crippen molar-refractivity contribution in [3.63, 3.8) is 0 Å². The van der Waals surface area contributed by atoms with Gasteiger partial charge in [-0.25, -0.2) is 0 Å². The standard InChI is InChI=1S/C17H21N5O2S/c1-11(23)22-9-7-13(8-10-22)15(24)19-14(12-5-3-2-4-6-12)16-20-21-17(18)25-16/h2-6,13-14H,7-10H2,1H3,(H2,18,21)(H,19,24)/t14-/m0/s1. The molecule has 1 aliphatic heterocycles. The van der Waals surface area contributed by atoms with Crippen LogP contribution >= 0.6 is 11.3 Å². The van der Waals surface area contributed by atoms with Crippen molar-refractivity contribution < 1.29 is 9.59 Å². The number of anilines is 1. The van der Waals surface area contributed by atoms with E-state index in [4.69, 9.17) is 5.73 Å². The van der Waals surface area contributed by atoms with E-state index in [-0.39, 0.29) is 23.8 Å². The Balaban J connectivity index is 1.72. The number of likely N-dealkylation sites (tertiary alicyclic amines) is 1. The molecule has 132 valence electrons. The van der Waals surface area contributed by atoms with Gasteiger partial charge >= 0.3 is 0 Å². The number of hydrogen-bond donors (Lipinski definition) is 2. The van der Waals surface area contributed by atoms with Gasteiger partial charge in [-0.2, -0.15) is 0 Å². The maximum absolute atomic E-state index is 12.7. The minimum Gasteiger partial charge on any atom is -0.374 e. The second kappa shape index (κ2) is 7.60. The molecule has 2 aromatic rings. The molecule has 0 bridgehead atoms. The van der Waals surface area contributed by atoms with Gasteiger partial charge in [0.15, 0.2) is 0 Å². The van der Waals surface area contributed by atoms with Crippen molar-refractivity contribution in [3.05, 3.63) is 40.9 Å². The fourth-order valence-electron chi connectivity index (χ4n) is 3.01. The van der Waals surface area contributed by atoms with Crippen LogP contribution in [-0.2, 0) is 9.59 Å². The van der Waals surface area contributed by atoms with E-state index in [2.05, 4.69) is 15.5 Å². The first-order valence-corrected chi connectivity index (χ1v) is 9.06. The van der Waals surface area contributed by atoms with Gasteiger partial charge in [-0.1, -0.05) is 41.7 Å². The van der Waals surface area contributed by atoms with Crippen LogP contribution in [0, 0.1) is 5.92 Å². The van der Waals surface area contributed by atoms with Gasteiger partial charge in [0.2, 0.25) is 16.9 Å². The molecule has 1 aromatic carbocycles. The minimum absolute atomic E-state index is 0.0224. The van der Waals surface area contributed by atoms with Gasteiger partial charge in [-0.3, -0.25) is 9.59 Å². The number of amides is 2. The van der Waals surface area contributed by atoms with Crippen LogP contribution in [-0.4, -0.2) is 40.0 Å². The predicted molar refractivity (Wildman–Crippen MR) is 95.7 cm³/mol. The Morgan fingerprint density at radius 1 is 1.24 bits per heavy atom. The van der Waals surface area contributed by atoms with Crippen molar-refractivity contribution in [1.29, 1.82) is 0 Å². The van der Waals surface area contributed by atoms with Crippen molar-refractivity contribution in [2.45, 2.75) is 25.8 Å².